The van der Waals surface area contributed by atoms with Crippen LogP contribution in [0.25, 0.3) is 21.9 Å². The Morgan fingerprint density at radius 3 is 1.97 bits per heavy atom. The average molecular weight is 437 g/mol. The van der Waals surface area contributed by atoms with Gasteiger partial charge in [0.05, 0.1) is 0 Å². The first-order valence-electron chi connectivity index (χ1n) is 10.1. The Morgan fingerprint density at radius 2 is 1.29 bits per heavy atom. The van der Waals surface area contributed by atoms with Gasteiger partial charge in [0.2, 0.25) is 0 Å². The third-order valence-electron chi connectivity index (χ3n) is 6.23. The van der Waals surface area contributed by atoms with Gasteiger partial charge in [-0.25, -0.2) is 0 Å². The van der Waals surface area contributed by atoms with E-state index in [4.69, 9.17) is 0 Å². The molecule has 3 aromatic rings. The summed E-state index contributed by atoms with van der Waals surface area (Å²) in [7, 11) is 0. The number of halogens is 6. The Hall–Kier alpha value is -2.54. The quantitative estimate of drug-likeness (QED) is 0.225. The molecule has 31 heavy (non-hydrogen) atoms. The molecule has 4 rings (SSSR count). The van der Waals surface area contributed by atoms with Gasteiger partial charge in [-0.1, -0.05) is 74.0 Å². The molecule has 0 amide bonds. The van der Waals surface area contributed by atoms with Crippen LogP contribution in [0.5, 0.6) is 0 Å². The fourth-order valence-electron chi connectivity index (χ4n) is 4.78. The van der Waals surface area contributed by atoms with Crippen molar-refractivity contribution in [2.45, 2.75) is 44.2 Å². The van der Waals surface area contributed by atoms with Crippen LogP contribution in [0.3, 0.4) is 0 Å². The Morgan fingerprint density at radius 1 is 0.710 bits per heavy atom. The monoisotopic (exact) mass is 437 g/mol. The third-order valence-corrected chi connectivity index (χ3v) is 6.23. The molecule has 0 N–H and O–H groups in total. The molecule has 0 radical (unpaired) electrons. The Balaban J connectivity index is 1.65. The first-order chi connectivity index (χ1) is 14.5. The van der Waals surface area contributed by atoms with Gasteiger partial charge in [0.1, 0.15) is 0 Å². The average Bonchev–Trinajstić information content (AvgIpc) is 2.70. The molecular weight excluding hydrogens is 416 g/mol. The minimum atomic E-state index is -5.44. The van der Waals surface area contributed by atoms with Crippen molar-refractivity contribution in [3.63, 3.8) is 0 Å². The number of hydrogen-bond acceptors (Lipinski definition) is 1. The predicted octanol–water partition coefficient (Wildman–Crippen LogP) is 7.64. The topological polar surface area (TPSA) is 3.24 Å². The lowest BCUT2D eigenvalue weighted by atomic mass is 9.65. The summed E-state index contributed by atoms with van der Waals surface area (Å²) < 4.78 is 76.8. The van der Waals surface area contributed by atoms with E-state index in [9.17, 15) is 26.3 Å². The van der Waals surface area contributed by atoms with E-state index in [2.05, 4.69) is 6.07 Å². The lowest BCUT2D eigenvalue weighted by Gasteiger charge is -2.38. The van der Waals surface area contributed by atoms with E-state index in [1.54, 1.807) is 0 Å². The number of fused-ring (bicyclic) bond motifs is 2. The predicted molar refractivity (Wildman–Crippen MR) is 109 cm³/mol. The molecule has 0 fully saturated rings. The van der Waals surface area contributed by atoms with Crippen molar-refractivity contribution in [1.82, 2.24) is 4.90 Å². The van der Waals surface area contributed by atoms with Gasteiger partial charge in [-0.3, -0.25) is 0 Å². The maximum atomic E-state index is 12.8. The van der Waals surface area contributed by atoms with Crippen LogP contribution in [0, 0.1) is 0 Å². The van der Waals surface area contributed by atoms with Crippen molar-refractivity contribution in [2.75, 3.05) is 6.54 Å². The molecule has 1 atom stereocenters. The minimum absolute atomic E-state index is 0.214. The van der Waals surface area contributed by atoms with Crippen LogP contribution in [0.1, 0.15) is 37.3 Å². The zero-order valence-corrected chi connectivity index (χ0v) is 16.8. The zero-order valence-electron chi connectivity index (χ0n) is 16.8. The highest BCUT2D eigenvalue weighted by Crippen LogP contribution is 2.50. The SMILES string of the molecule is CC1(CCCCN(C(F)(F)F)C(F)(F)F)c2ccccc2-c2cccc3cccc1c23. The summed E-state index contributed by atoms with van der Waals surface area (Å²) in [5.41, 5.74) is 3.75. The third kappa shape index (κ3) is 3.80. The van der Waals surface area contributed by atoms with Crippen LogP contribution in [0.4, 0.5) is 26.3 Å². The Labute approximate surface area is 176 Å². The summed E-state index contributed by atoms with van der Waals surface area (Å²) in [4.78, 5) is -1.34. The van der Waals surface area contributed by atoms with Crippen LogP contribution in [0.2, 0.25) is 0 Å². The summed E-state index contributed by atoms with van der Waals surface area (Å²) in [6.45, 7) is 0.924. The first-order valence-corrected chi connectivity index (χ1v) is 10.1. The lowest BCUT2D eigenvalue weighted by Crippen LogP contribution is -2.48. The van der Waals surface area contributed by atoms with E-state index in [0.29, 0.717) is 6.42 Å². The fourth-order valence-corrected chi connectivity index (χ4v) is 4.78. The van der Waals surface area contributed by atoms with Crippen molar-refractivity contribution in [1.29, 1.82) is 0 Å². The van der Waals surface area contributed by atoms with Crippen LogP contribution in [0.15, 0.2) is 60.7 Å². The number of alkyl halides is 6. The van der Waals surface area contributed by atoms with E-state index >= 15 is 0 Å². The number of unbranched alkanes of at least 4 members (excludes halogenated alkanes) is 1. The minimum Gasteiger partial charge on any atom is -0.155 e. The van der Waals surface area contributed by atoms with Crippen LogP contribution >= 0.6 is 0 Å². The summed E-state index contributed by atoms with van der Waals surface area (Å²) >= 11 is 0. The normalized spacial score (nSPS) is 18.5. The molecule has 0 saturated carbocycles. The van der Waals surface area contributed by atoms with Crippen molar-refractivity contribution in [2.24, 2.45) is 0 Å². The maximum absolute atomic E-state index is 12.8. The van der Waals surface area contributed by atoms with E-state index in [1.807, 2.05) is 61.5 Å². The molecule has 1 aliphatic carbocycles. The molecule has 3 aromatic carbocycles. The van der Waals surface area contributed by atoms with E-state index in [0.717, 1.165) is 33.0 Å². The molecule has 164 valence electrons. The van der Waals surface area contributed by atoms with Crippen molar-refractivity contribution >= 4 is 10.8 Å². The van der Waals surface area contributed by atoms with Gasteiger partial charge in [-0.05, 0) is 45.9 Å². The number of benzene rings is 3. The van der Waals surface area contributed by atoms with Gasteiger partial charge >= 0.3 is 12.6 Å². The van der Waals surface area contributed by atoms with E-state index < -0.39 is 29.5 Å². The summed E-state index contributed by atoms with van der Waals surface area (Å²) in [5, 5.41) is 2.16. The second kappa shape index (κ2) is 7.55. The highest BCUT2D eigenvalue weighted by atomic mass is 19.4. The molecule has 1 nitrogen and oxygen atoms in total. The number of rotatable bonds is 5. The van der Waals surface area contributed by atoms with Crippen LogP contribution in [-0.4, -0.2) is 24.0 Å². The summed E-state index contributed by atoms with van der Waals surface area (Å²) in [5.74, 6) is 0. The molecule has 1 unspecified atom stereocenters. The number of hydrogen-bond donors (Lipinski definition) is 0. The lowest BCUT2D eigenvalue weighted by molar-refractivity contribution is -0.372. The molecular formula is C24H21F6N. The molecule has 0 bridgehead atoms. The molecule has 1 aliphatic rings. The Bertz CT molecular complexity index is 1080. The summed E-state index contributed by atoms with van der Waals surface area (Å²) in [6, 6.07) is 19.9. The molecule has 0 saturated heterocycles. The zero-order chi connectivity index (χ0) is 22.4. The van der Waals surface area contributed by atoms with Crippen molar-refractivity contribution in [3.8, 4) is 11.1 Å². The van der Waals surface area contributed by atoms with E-state index in [1.165, 1.54) is 0 Å². The Kier molecular flexibility index (Phi) is 5.28. The highest BCUT2D eigenvalue weighted by Gasteiger charge is 2.53. The number of nitrogens with zero attached hydrogens (tertiary/aromatic N) is 1. The second-order valence-corrected chi connectivity index (χ2v) is 8.13. The fraction of sp³-hybridized carbons (Fsp3) is 0.333. The van der Waals surface area contributed by atoms with E-state index in [-0.39, 0.29) is 12.8 Å². The second-order valence-electron chi connectivity index (χ2n) is 8.13. The van der Waals surface area contributed by atoms with Crippen molar-refractivity contribution < 1.29 is 26.3 Å². The van der Waals surface area contributed by atoms with Crippen LogP contribution in [-0.2, 0) is 5.41 Å². The van der Waals surface area contributed by atoms with Gasteiger partial charge in [-0.2, -0.15) is 26.3 Å². The molecule has 0 spiro atoms. The largest absolute Gasteiger partial charge is 0.467 e. The molecule has 0 heterocycles. The standard InChI is InChI=1S/C24H21F6N/c1-22(14-4-5-15-31(23(25,26)27)24(28,29)30)19-12-3-2-10-17(19)18-11-6-8-16-9-7-13-20(22)21(16)18/h2-3,6-13H,4-5,14-15H2,1H3. The van der Waals surface area contributed by atoms with Gasteiger partial charge in [0.15, 0.2) is 0 Å². The van der Waals surface area contributed by atoms with Gasteiger partial charge in [0.25, 0.3) is 0 Å². The highest BCUT2D eigenvalue weighted by molar-refractivity contribution is 6.03. The molecule has 0 aromatic heterocycles. The van der Waals surface area contributed by atoms with Crippen LogP contribution < -0.4 is 0 Å². The first kappa shape index (κ1) is 21.7. The smallest absolute Gasteiger partial charge is 0.155 e. The van der Waals surface area contributed by atoms with Gasteiger partial charge in [-0.15, -0.1) is 4.90 Å². The maximum Gasteiger partial charge on any atom is 0.467 e. The summed E-state index contributed by atoms with van der Waals surface area (Å²) in [6.07, 6.45) is -10.4. The van der Waals surface area contributed by atoms with Gasteiger partial charge < -0.3 is 0 Å². The molecule has 0 aliphatic heterocycles. The van der Waals surface area contributed by atoms with Crippen molar-refractivity contribution in [3.05, 3.63) is 71.8 Å². The van der Waals surface area contributed by atoms with Gasteiger partial charge in [0, 0.05) is 12.0 Å². The molecule has 7 heteroatoms.